The minimum atomic E-state index is 0.458. The van der Waals surface area contributed by atoms with Crippen molar-refractivity contribution in [3.05, 3.63) is 137 Å². The van der Waals surface area contributed by atoms with Crippen LogP contribution in [-0.4, -0.2) is 0 Å². The van der Waals surface area contributed by atoms with Crippen LogP contribution in [0.25, 0.3) is 36.2 Å². The predicted octanol–water partition coefficient (Wildman–Crippen LogP) is 12.2. The molecule has 4 aromatic carbocycles. The SMILES string of the molecule is C=c1cc(C)cc(C)/c1=C\[N-]c1c(C(C)C)cccc1C(C)C.C=c1cc(C)cc(C)/c1=C\[N-]c1c(C(C)C)cccc1C(C)C.[Cl][Pd+].[Cl][Pd+]. The molecule has 0 fully saturated rings. The van der Waals surface area contributed by atoms with Crippen molar-refractivity contribution in [2.24, 2.45) is 0 Å². The second-order valence-electron chi connectivity index (χ2n) is 14.0. The Bertz CT molecular complexity index is 1710. The molecule has 0 heterocycles. The van der Waals surface area contributed by atoms with Gasteiger partial charge in [0.1, 0.15) is 0 Å². The number of para-hydroxylation sites is 2. The Balaban J connectivity index is 0.000000455. The van der Waals surface area contributed by atoms with E-state index in [0.717, 1.165) is 32.2 Å². The summed E-state index contributed by atoms with van der Waals surface area (Å²) in [6, 6.07) is 21.7. The molecule has 0 aliphatic heterocycles. The summed E-state index contributed by atoms with van der Waals surface area (Å²) in [5.41, 5.74) is 12.4. The van der Waals surface area contributed by atoms with E-state index < -0.39 is 0 Å². The average molecular weight is 897 g/mol. The van der Waals surface area contributed by atoms with Crippen molar-refractivity contribution in [1.82, 2.24) is 0 Å². The van der Waals surface area contributed by atoms with Crippen LogP contribution in [0.15, 0.2) is 60.7 Å². The Morgan fingerprint density at radius 2 is 0.760 bits per heavy atom. The van der Waals surface area contributed by atoms with E-state index >= 15 is 0 Å². The summed E-state index contributed by atoms with van der Waals surface area (Å²) < 4.78 is 0. The summed E-state index contributed by atoms with van der Waals surface area (Å²) in [4.78, 5) is 0. The van der Waals surface area contributed by atoms with Gasteiger partial charge in [-0.2, -0.15) is 12.4 Å². The first-order valence-corrected chi connectivity index (χ1v) is 21.1. The Labute approximate surface area is 333 Å². The van der Waals surface area contributed by atoms with Gasteiger partial charge in [-0.05, 0) is 83.4 Å². The molecule has 50 heavy (non-hydrogen) atoms. The number of benzene rings is 4. The van der Waals surface area contributed by atoms with Gasteiger partial charge in [0, 0.05) is 0 Å². The molecular formula is C44H56Cl2N2Pd2. The van der Waals surface area contributed by atoms with E-state index in [4.69, 9.17) is 10.6 Å². The van der Waals surface area contributed by atoms with Crippen LogP contribution < -0.4 is 20.9 Å². The van der Waals surface area contributed by atoms with Gasteiger partial charge in [0.15, 0.2) is 0 Å². The van der Waals surface area contributed by atoms with Crippen LogP contribution in [0.4, 0.5) is 11.4 Å². The molecular weight excluding hydrogens is 840 g/mol. The summed E-state index contributed by atoms with van der Waals surface area (Å²) >= 11 is 4.44. The third-order valence-corrected chi connectivity index (χ3v) is 8.56. The molecule has 0 spiro atoms. The van der Waals surface area contributed by atoms with Gasteiger partial charge in [-0.1, -0.05) is 163 Å². The zero-order valence-electron chi connectivity index (χ0n) is 31.9. The van der Waals surface area contributed by atoms with Gasteiger partial charge in [-0.15, -0.1) is 11.4 Å². The number of hydrogen-bond acceptors (Lipinski definition) is 0. The van der Waals surface area contributed by atoms with Gasteiger partial charge < -0.3 is 10.6 Å². The van der Waals surface area contributed by atoms with Crippen LogP contribution in [-0.2, 0) is 36.4 Å². The van der Waals surface area contributed by atoms with Crippen molar-refractivity contribution in [1.29, 1.82) is 0 Å². The van der Waals surface area contributed by atoms with E-state index in [1.807, 2.05) is 12.4 Å². The summed E-state index contributed by atoms with van der Waals surface area (Å²) in [6.07, 6.45) is 3.98. The first kappa shape index (κ1) is 45.9. The normalized spacial score (nSPS) is 11.6. The number of aryl methyl sites for hydroxylation is 4. The third-order valence-electron chi connectivity index (χ3n) is 8.56. The standard InChI is InChI=1S/2C22H28N.2ClH.2Pd/c2*1-14(2)19-9-8-10-20(15(3)4)22(19)23-13-21-17(6)11-16(5)12-18(21)7;;;;/h2*8-15H,6H2,1-5,7H3;2*1H;;/q2*-1;;;2*+2/p-2/b2*21-13-;;;;. The zero-order valence-corrected chi connectivity index (χ0v) is 36.6. The number of rotatable bonds is 8. The summed E-state index contributed by atoms with van der Waals surface area (Å²) in [6.45, 7) is 34.6. The predicted molar refractivity (Wildman–Crippen MR) is 217 cm³/mol. The fourth-order valence-corrected chi connectivity index (χ4v) is 6.08. The number of nitrogens with zero attached hydrogens (tertiary/aromatic N) is 2. The van der Waals surface area contributed by atoms with Crippen molar-refractivity contribution >= 4 is 56.0 Å². The Hall–Kier alpha value is -2.14. The fraction of sp³-hybridized carbons (Fsp3) is 0.364. The molecule has 0 bridgehead atoms. The van der Waals surface area contributed by atoms with Gasteiger partial charge in [0.05, 0.1) is 0 Å². The summed E-state index contributed by atoms with van der Waals surface area (Å²) in [5, 5.41) is 14.1. The van der Waals surface area contributed by atoms with Gasteiger partial charge in [0.25, 0.3) is 0 Å². The zero-order chi connectivity index (χ0) is 38.3. The molecule has 0 radical (unpaired) electrons. The van der Waals surface area contributed by atoms with E-state index in [-0.39, 0.29) is 0 Å². The Morgan fingerprint density at radius 3 is 0.980 bits per heavy atom. The number of hydrogen-bond donors (Lipinski definition) is 0. The topological polar surface area (TPSA) is 28.2 Å². The van der Waals surface area contributed by atoms with Crippen molar-refractivity contribution in [3.8, 4) is 0 Å². The second-order valence-corrected chi connectivity index (χ2v) is 14.0. The van der Waals surface area contributed by atoms with E-state index in [2.05, 4.69) is 212 Å². The first-order chi connectivity index (χ1) is 23.6. The van der Waals surface area contributed by atoms with Crippen LogP contribution in [0.5, 0.6) is 0 Å². The summed E-state index contributed by atoms with van der Waals surface area (Å²) in [7, 11) is 8.98. The minimum absolute atomic E-state index is 0.458. The summed E-state index contributed by atoms with van der Waals surface area (Å²) in [5.74, 6) is 1.83. The van der Waals surface area contributed by atoms with Crippen molar-refractivity contribution in [2.45, 2.75) is 107 Å². The van der Waals surface area contributed by atoms with Crippen molar-refractivity contribution in [3.63, 3.8) is 0 Å². The number of halogens is 2. The molecule has 4 rings (SSSR count). The van der Waals surface area contributed by atoms with Crippen LogP contribution >= 0.6 is 19.1 Å². The molecule has 4 aromatic rings. The molecule has 0 aliphatic carbocycles. The molecule has 0 N–H and O–H groups in total. The quantitative estimate of drug-likeness (QED) is 0.158. The molecule has 0 saturated heterocycles. The van der Waals surface area contributed by atoms with Crippen molar-refractivity contribution < 1.29 is 36.4 Å². The molecule has 0 unspecified atom stereocenters. The second kappa shape index (κ2) is 22.7. The van der Waals surface area contributed by atoms with Crippen molar-refractivity contribution in [2.75, 3.05) is 0 Å². The van der Waals surface area contributed by atoms with Crippen LogP contribution in [0.3, 0.4) is 0 Å². The molecule has 0 aliphatic rings. The maximum absolute atomic E-state index is 4.91. The van der Waals surface area contributed by atoms with Gasteiger partial charge >= 0.3 is 55.4 Å². The van der Waals surface area contributed by atoms with Crippen LogP contribution in [0.1, 0.15) is 124 Å². The van der Waals surface area contributed by atoms with Crippen LogP contribution in [0, 0.1) is 27.7 Å². The fourth-order valence-electron chi connectivity index (χ4n) is 6.08. The molecule has 2 nitrogen and oxygen atoms in total. The molecule has 0 atom stereocenters. The molecule has 0 saturated carbocycles. The van der Waals surface area contributed by atoms with Crippen LogP contribution in [0.2, 0.25) is 0 Å². The molecule has 0 amide bonds. The first-order valence-electron chi connectivity index (χ1n) is 17.1. The Morgan fingerprint density at radius 1 is 0.500 bits per heavy atom. The van der Waals surface area contributed by atoms with E-state index in [9.17, 15) is 0 Å². The van der Waals surface area contributed by atoms with Gasteiger partial charge in [-0.25, -0.2) is 0 Å². The third kappa shape index (κ3) is 13.1. The molecule has 0 aromatic heterocycles. The van der Waals surface area contributed by atoms with E-state index in [1.165, 1.54) is 44.5 Å². The van der Waals surface area contributed by atoms with Gasteiger partial charge in [0.2, 0.25) is 0 Å². The van der Waals surface area contributed by atoms with Gasteiger partial charge in [-0.3, -0.25) is 0 Å². The van der Waals surface area contributed by atoms with E-state index in [0.29, 0.717) is 23.7 Å². The monoisotopic (exact) mass is 894 g/mol. The van der Waals surface area contributed by atoms with E-state index in [1.54, 1.807) is 0 Å². The molecule has 6 heteroatoms. The Kier molecular flexibility index (Phi) is 20.9. The average Bonchev–Trinajstić information content (AvgIpc) is 3.05. The maximum atomic E-state index is 4.91. The molecule has 276 valence electrons.